The molecule has 228 valence electrons. The molecule has 3 atom stereocenters. The van der Waals surface area contributed by atoms with Gasteiger partial charge in [0.05, 0.1) is 16.6 Å². The summed E-state index contributed by atoms with van der Waals surface area (Å²) in [6.45, 7) is 4.98. The minimum Gasteiger partial charge on any atom is -0.354 e. The van der Waals surface area contributed by atoms with Gasteiger partial charge in [-0.15, -0.1) is 0 Å². The fourth-order valence-corrected chi connectivity index (χ4v) is 6.35. The van der Waals surface area contributed by atoms with Crippen molar-refractivity contribution in [2.24, 2.45) is 5.92 Å². The monoisotopic (exact) mass is 596 g/mol. The fraction of sp³-hybridized carbons (Fsp3) is 0.382. The zero-order valence-electron chi connectivity index (χ0n) is 24.8. The van der Waals surface area contributed by atoms with E-state index >= 15 is 0 Å². The molecule has 0 spiro atoms. The number of piperazine rings is 1. The molecular weight excluding hydrogens is 559 g/mol. The number of aromatic amines is 1. The van der Waals surface area contributed by atoms with Gasteiger partial charge in [0.25, 0.3) is 11.5 Å². The van der Waals surface area contributed by atoms with Crippen LogP contribution in [0.25, 0.3) is 10.8 Å². The minimum atomic E-state index is -0.559. The third-order valence-corrected chi connectivity index (χ3v) is 8.90. The number of nitrogens with one attached hydrogen (secondary N) is 2. The van der Waals surface area contributed by atoms with Crippen LogP contribution in [0.5, 0.6) is 0 Å². The Morgan fingerprint density at radius 3 is 2.61 bits per heavy atom. The molecule has 0 bridgehead atoms. The van der Waals surface area contributed by atoms with Crippen LogP contribution in [0.15, 0.2) is 71.8 Å². The largest absolute Gasteiger partial charge is 0.354 e. The van der Waals surface area contributed by atoms with Crippen LogP contribution in [0.4, 0.5) is 4.39 Å². The molecule has 1 saturated carbocycles. The fourth-order valence-electron chi connectivity index (χ4n) is 6.35. The first kappa shape index (κ1) is 29.6. The van der Waals surface area contributed by atoms with Crippen LogP contribution in [0.3, 0.4) is 0 Å². The maximum Gasteiger partial charge on any atom is 0.272 e. The van der Waals surface area contributed by atoms with Crippen molar-refractivity contribution in [1.29, 1.82) is 0 Å². The lowest BCUT2D eigenvalue weighted by Gasteiger charge is -2.39. The number of rotatable bonds is 10. The maximum atomic E-state index is 14.9. The van der Waals surface area contributed by atoms with Gasteiger partial charge in [-0.3, -0.25) is 24.3 Å². The third kappa shape index (κ3) is 6.40. The first-order chi connectivity index (χ1) is 21.4. The van der Waals surface area contributed by atoms with E-state index in [-0.39, 0.29) is 40.8 Å². The van der Waals surface area contributed by atoms with Gasteiger partial charge in [-0.25, -0.2) is 9.49 Å². The summed E-state index contributed by atoms with van der Waals surface area (Å²) in [4.78, 5) is 46.7. The van der Waals surface area contributed by atoms with E-state index in [4.69, 9.17) is 0 Å². The standard InChI is InChI=1S/C34H37FN6O3/c1-2-6-24(21-37-32(42)28-19-27(28)23-7-5-12-36-20-23)40-13-15-41(16-14-40)34(44)29-17-22(10-11-30(29)35)18-31-25-8-3-4-9-26(25)33(43)39-38-31/h3-5,7-12,17,20,24,27-28H,2,6,13-16,18-19,21H2,1H3,(H,37,42)(H,39,43). The second kappa shape index (κ2) is 13.1. The third-order valence-electron chi connectivity index (χ3n) is 8.90. The zero-order valence-corrected chi connectivity index (χ0v) is 24.8. The normalized spacial score (nSPS) is 19.1. The molecule has 4 aromatic rings. The van der Waals surface area contributed by atoms with E-state index in [0.29, 0.717) is 50.2 Å². The summed E-state index contributed by atoms with van der Waals surface area (Å²) in [5.41, 5.74) is 2.27. The molecule has 2 fully saturated rings. The Morgan fingerprint density at radius 2 is 1.86 bits per heavy atom. The van der Waals surface area contributed by atoms with Gasteiger partial charge >= 0.3 is 0 Å². The average molecular weight is 597 g/mol. The van der Waals surface area contributed by atoms with Crippen molar-refractivity contribution in [2.45, 2.75) is 44.6 Å². The molecule has 2 amide bonds. The van der Waals surface area contributed by atoms with E-state index in [1.807, 2.05) is 30.5 Å². The van der Waals surface area contributed by atoms with Crippen molar-refractivity contribution < 1.29 is 14.0 Å². The molecule has 1 saturated heterocycles. The lowest BCUT2D eigenvalue weighted by molar-refractivity contribution is -0.122. The molecule has 1 aliphatic carbocycles. The first-order valence-corrected chi connectivity index (χ1v) is 15.4. The smallest absolute Gasteiger partial charge is 0.272 e. The second-order valence-electron chi connectivity index (χ2n) is 11.8. The molecule has 6 rings (SSSR count). The van der Waals surface area contributed by atoms with Gasteiger partial charge in [0.15, 0.2) is 0 Å². The molecule has 2 N–H and O–H groups in total. The lowest BCUT2D eigenvalue weighted by atomic mass is 10.0. The van der Waals surface area contributed by atoms with Crippen molar-refractivity contribution >= 4 is 22.6 Å². The number of amides is 2. The Bertz CT molecular complexity index is 1700. The van der Waals surface area contributed by atoms with Crippen LogP contribution in [-0.4, -0.2) is 75.6 Å². The summed E-state index contributed by atoms with van der Waals surface area (Å²) in [7, 11) is 0. The number of H-pyrrole nitrogens is 1. The van der Waals surface area contributed by atoms with Crippen LogP contribution in [0.2, 0.25) is 0 Å². The van der Waals surface area contributed by atoms with Gasteiger partial charge in [0.1, 0.15) is 5.82 Å². The minimum absolute atomic E-state index is 0.000267. The average Bonchev–Trinajstić information content (AvgIpc) is 3.87. The highest BCUT2D eigenvalue weighted by Crippen LogP contribution is 2.47. The molecule has 3 unspecified atom stereocenters. The van der Waals surface area contributed by atoms with E-state index in [1.165, 1.54) is 6.07 Å². The highest BCUT2D eigenvalue weighted by Gasteiger charge is 2.44. The van der Waals surface area contributed by atoms with Crippen molar-refractivity contribution in [3.63, 3.8) is 0 Å². The number of carbonyl (C=O) groups is 2. The Kier molecular flexibility index (Phi) is 8.79. The van der Waals surface area contributed by atoms with Gasteiger partial charge < -0.3 is 10.2 Å². The second-order valence-corrected chi connectivity index (χ2v) is 11.8. The highest BCUT2D eigenvalue weighted by atomic mass is 19.1. The Balaban J connectivity index is 1.06. The van der Waals surface area contributed by atoms with Crippen molar-refractivity contribution in [2.75, 3.05) is 32.7 Å². The number of hydrogen-bond acceptors (Lipinski definition) is 6. The molecule has 9 nitrogen and oxygen atoms in total. The summed E-state index contributed by atoms with van der Waals surface area (Å²) in [6.07, 6.45) is 6.71. The first-order valence-electron chi connectivity index (χ1n) is 15.4. The number of aromatic nitrogens is 3. The van der Waals surface area contributed by atoms with Gasteiger partial charge in [-0.2, -0.15) is 5.10 Å². The number of pyridine rings is 1. The number of fused-ring (bicyclic) bond motifs is 1. The Hall–Kier alpha value is -4.44. The molecule has 2 aromatic heterocycles. The van der Waals surface area contributed by atoms with Crippen LogP contribution < -0.4 is 10.9 Å². The molecule has 3 heterocycles. The molecule has 2 aliphatic rings. The van der Waals surface area contributed by atoms with E-state index in [9.17, 15) is 18.8 Å². The van der Waals surface area contributed by atoms with Crippen LogP contribution in [0, 0.1) is 11.7 Å². The Labute approximate surface area is 255 Å². The molecule has 44 heavy (non-hydrogen) atoms. The van der Waals surface area contributed by atoms with E-state index in [2.05, 4.69) is 32.3 Å². The van der Waals surface area contributed by atoms with Crippen molar-refractivity contribution in [1.82, 2.24) is 30.3 Å². The molecule has 0 radical (unpaired) electrons. The zero-order chi connectivity index (χ0) is 30.6. The van der Waals surface area contributed by atoms with E-state index in [0.717, 1.165) is 35.8 Å². The Morgan fingerprint density at radius 1 is 1.07 bits per heavy atom. The van der Waals surface area contributed by atoms with Crippen molar-refractivity contribution in [3.8, 4) is 0 Å². The van der Waals surface area contributed by atoms with E-state index < -0.39 is 5.82 Å². The van der Waals surface area contributed by atoms with Gasteiger partial charge in [0, 0.05) is 68.9 Å². The number of benzene rings is 2. The molecule has 2 aromatic carbocycles. The van der Waals surface area contributed by atoms with Crippen LogP contribution in [-0.2, 0) is 11.2 Å². The van der Waals surface area contributed by atoms with Crippen LogP contribution >= 0.6 is 0 Å². The maximum absolute atomic E-state index is 14.9. The van der Waals surface area contributed by atoms with Gasteiger partial charge in [-0.05, 0) is 54.2 Å². The summed E-state index contributed by atoms with van der Waals surface area (Å²) >= 11 is 0. The predicted octanol–water partition coefficient (Wildman–Crippen LogP) is 3.89. The van der Waals surface area contributed by atoms with Crippen LogP contribution in [0.1, 0.15) is 59.3 Å². The molecule has 1 aliphatic heterocycles. The summed E-state index contributed by atoms with van der Waals surface area (Å²) in [5.74, 6) is -0.556. The number of hydrogen-bond donors (Lipinski definition) is 2. The number of nitrogens with zero attached hydrogens (tertiary/aromatic N) is 4. The quantitative estimate of drug-likeness (QED) is 0.287. The summed E-state index contributed by atoms with van der Waals surface area (Å²) in [6, 6.07) is 15.9. The SMILES string of the molecule is CCCC(CNC(=O)C1CC1c1cccnc1)N1CCN(C(=O)c2cc(Cc3n[nH]c(=O)c4ccccc34)ccc2F)CC1. The lowest BCUT2D eigenvalue weighted by Crippen LogP contribution is -2.54. The summed E-state index contributed by atoms with van der Waals surface area (Å²) in [5, 5.41) is 11.2. The number of halogens is 1. The predicted molar refractivity (Wildman–Crippen MR) is 166 cm³/mol. The molecule has 10 heteroatoms. The summed E-state index contributed by atoms with van der Waals surface area (Å²) < 4.78 is 14.9. The van der Waals surface area contributed by atoms with Gasteiger partial charge in [0.2, 0.25) is 5.91 Å². The van der Waals surface area contributed by atoms with Gasteiger partial charge in [-0.1, -0.05) is 43.7 Å². The highest BCUT2D eigenvalue weighted by molar-refractivity contribution is 5.95. The number of carbonyl (C=O) groups excluding carboxylic acids is 2. The van der Waals surface area contributed by atoms with Crippen molar-refractivity contribution in [3.05, 3.63) is 106 Å². The molecular formula is C34H37FN6O3. The van der Waals surface area contributed by atoms with E-state index in [1.54, 1.807) is 35.4 Å². The topological polar surface area (TPSA) is 111 Å².